The van der Waals surface area contributed by atoms with Crippen LogP contribution in [-0.4, -0.2) is 29.1 Å². The SMILES string of the molecule is Cc1ncc(N2CCCNC2=O)cn1. The molecule has 0 spiro atoms. The van der Waals surface area contributed by atoms with E-state index in [2.05, 4.69) is 15.3 Å². The van der Waals surface area contributed by atoms with Crippen LogP contribution in [0, 0.1) is 6.92 Å². The van der Waals surface area contributed by atoms with Crippen molar-refractivity contribution in [3.05, 3.63) is 18.2 Å². The molecule has 74 valence electrons. The summed E-state index contributed by atoms with van der Waals surface area (Å²) in [7, 11) is 0. The van der Waals surface area contributed by atoms with Crippen molar-refractivity contribution >= 4 is 11.7 Å². The normalized spacial score (nSPS) is 16.6. The number of carbonyl (C=O) groups is 1. The molecule has 1 aliphatic rings. The highest BCUT2D eigenvalue weighted by Gasteiger charge is 2.19. The molecule has 0 saturated carbocycles. The van der Waals surface area contributed by atoms with Gasteiger partial charge in [-0.1, -0.05) is 0 Å². The van der Waals surface area contributed by atoms with Crippen LogP contribution < -0.4 is 10.2 Å². The summed E-state index contributed by atoms with van der Waals surface area (Å²) in [5, 5.41) is 2.78. The highest BCUT2D eigenvalue weighted by Crippen LogP contribution is 2.13. The smallest absolute Gasteiger partial charge is 0.321 e. The zero-order valence-corrected chi connectivity index (χ0v) is 8.03. The Morgan fingerprint density at radius 3 is 2.79 bits per heavy atom. The largest absolute Gasteiger partial charge is 0.338 e. The number of hydrogen-bond acceptors (Lipinski definition) is 3. The molecule has 0 aliphatic carbocycles. The van der Waals surface area contributed by atoms with Crippen LogP contribution in [0.2, 0.25) is 0 Å². The van der Waals surface area contributed by atoms with Crippen molar-refractivity contribution in [2.24, 2.45) is 0 Å². The summed E-state index contributed by atoms with van der Waals surface area (Å²) < 4.78 is 0. The third-order valence-corrected chi connectivity index (χ3v) is 2.16. The van der Waals surface area contributed by atoms with Crippen LogP contribution in [0.15, 0.2) is 12.4 Å². The van der Waals surface area contributed by atoms with Crippen molar-refractivity contribution < 1.29 is 4.79 Å². The quantitative estimate of drug-likeness (QED) is 0.712. The highest BCUT2D eigenvalue weighted by molar-refractivity contribution is 5.92. The Labute approximate surface area is 82.2 Å². The fourth-order valence-corrected chi connectivity index (χ4v) is 1.40. The first kappa shape index (κ1) is 8.93. The zero-order chi connectivity index (χ0) is 9.97. The summed E-state index contributed by atoms with van der Waals surface area (Å²) in [6, 6.07) is -0.0660. The molecule has 1 fully saturated rings. The molecule has 5 nitrogen and oxygen atoms in total. The molecule has 0 atom stereocenters. The van der Waals surface area contributed by atoms with Gasteiger partial charge in [-0.15, -0.1) is 0 Å². The van der Waals surface area contributed by atoms with Crippen LogP contribution in [0.1, 0.15) is 12.2 Å². The van der Waals surface area contributed by atoms with Crippen molar-refractivity contribution in [2.45, 2.75) is 13.3 Å². The summed E-state index contributed by atoms with van der Waals surface area (Å²) in [5.74, 6) is 0.714. The zero-order valence-electron chi connectivity index (χ0n) is 8.03. The first-order valence-corrected chi connectivity index (χ1v) is 4.61. The minimum atomic E-state index is -0.0660. The summed E-state index contributed by atoms with van der Waals surface area (Å²) in [4.78, 5) is 21.2. The molecular formula is C9H12N4O. The van der Waals surface area contributed by atoms with Gasteiger partial charge in [0.25, 0.3) is 0 Å². The van der Waals surface area contributed by atoms with Crippen molar-refractivity contribution in [3.63, 3.8) is 0 Å². The van der Waals surface area contributed by atoms with Crippen LogP contribution in [0.25, 0.3) is 0 Å². The number of hydrogen-bond donors (Lipinski definition) is 1. The predicted molar refractivity (Wildman–Crippen MR) is 52.1 cm³/mol. The lowest BCUT2D eigenvalue weighted by molar-refractivity contribution is 0.243. The first-order chi connectivity index (χ1) is 6.77. The minimum absolute atomic E-state index is 0.0660. The lowest BCUT2D eigenvalue weighted by Crippen LogP contribution is -2.46. The second-order valence-corrected chi connectivity index (χ2v) is 3.23. The number of carbonyl (C=O) groups excluding carboxylic acids is 1. The molecule has 1 aromatic heterocycles. The summed E-state index contributed by atoms with van der Waals surface area (Å²) in [5.41, 5.74) is 0.757. The average molecular weight is 192 g/mol. The van der Waals surface area contributed by atoms with E-state index in [-0.39, 0.29) is 6.03 Å². The van der Waals surface area contributed by atoms with E-state index >= 15 is 0 Å². The maximum atomic E-state index is 11.4. The van der Waals surface area contributed by atoms with Crippen LogP contribution in [0.4, 0.5) is 10.5 Å². The number of nitrogens with one attached hydrogen (secondary N) is 1. The summed E-state index contributed by atoms with van der Waals surface area (Å²) in [6.07, 6.45) is 4.31. The van der Waals surface area contributed by atoms with Gasteiger partial charge in [0.15, 0.2) is 0 Å². The molecule has 1 aromatic rings. The van der Waals surface area contributed by atoms with E-state index in [0.717, 1.165) is 25.2 Å². The van der Waals surface area contributed by atoms with E-state index in [1.165, 1.54) is 0 Å². The lowest BCUT2D eigenvalue weighted by Gasteiger charge is -2.26. The Morgan fingerprint density at radius 1 is 1.43 bits per heavy atom. The number of nitrogens with zero attached hydrogens (tertiary/aromatic N) is 3. The third-order valence-electron chi connectivity index (χ3n) is 2.16. The van der Waals surface area contributed by atoms with Gasteiger partial charge in [-0.25, -0.2) is 14.8 Å². The van der Waals surface area contributed by atoms with Crippen LogP contribution in [0.3, 0.4) is 0 Å². The number of aryl methyl sites for hydroxylation is 1. The topological polar surface area (TPSA) is 58.1 Å². The monoisotopic (exact) mass is 192 g/mol. The molecule has 0 aromatic carbocycles. The van der Waals surface area contributed by atoms with Crippen LogP contribution in [-0.2, 0) is 0 Å². The van der Waals surface area contributed by atoms with Gasteiger partial charge in [-0.2, -0.15) is 0 Å². The van der Waals surface area contributed by atoms with Crippen molar-refractivity contribution in [1.82, 2.24) is 15.3 Å². The second kappa shape index (κ2) is 3.61. The number of rotatable bonds is 1. The average Bonchev–Trinajstić information content (AvgIpc) is 2.20. The van der Waals surface area contributed by atoms with Gasteiger partial charge in [0, 0.05) is 13.1 Å². The predicted octanol–water partition coefficient (Wildman–Crippen LogP) is 0.705. The Kier molecular flexibility index (Phi) is 2.30. The van der Waals surface area contributed by atoms with Crippen molar-refractivity contribution in [2.75, 3.05) is 18.0 Å². The van der Waals surface area contributed by atoms with Gasteiger partial charge in [0.05, 0.1) is 18.1 Å². The van der Waals surface area contributed by atoms with Gasteiger partial charge >= 0.3 is 6.03 Å². The maximum Gasteiger partial charge on any atom is 0.321 e. The summed E-state index contributed by atoms with van der Waals surface area (Å²) in [6.45, 7) is 3.31. The Balaban J connectivity index is 2.20. The number of anilines is 1. The molecule has 2 amide bonds. The van der Waals surface area contributed by atoms with Gasteiger partial charge < -0.3 is 5.32 Å². The fraction of sp³-hybridized carbons (Fsp3) is 0.444. The van der Waals surface area contributed by atoms with Gasteiger partial charge in [0.1, 0.15) is 5.82 Å². The van der Waals surface area contributed by atoms with Crippen molar-refractivity contribution in [3.8, 4) is 0 Å². The summed E-state index contributed by atoms with van der Waals surface area (Å²) >= 11 is 0. The lowest BCUT2D eigenvalue weighted by atomic mass is 10.3. The van der Waals surface area contributed by atoms with Gasteiger partial charge in [0.2, 0.25) is 0 Å². The molecule has 1 N–H and O–H groups in total. The molecule has 0 unspecified atom stereocenters. The number of amides is 2. The highest BCUT2D eigenvalue weighted by atomic mass is 16.2. The van der Waals surface area contributed by atoms with E-state index in [4.69, 9.17) is 0 Å². The van der Waals surface area contributed by atoms with E-state index in [1.807, 2.05) is 6.92 Å². The Bertz CT molecular complexity index is 335. The molecule has 14 heavy (non-hydrogen) atoms. The fourth-order valence-electron chi connectivity index (χ4n) is 1.40. The third kappa shape index (κ3) is 1.66. The van der Waals surface area contributed by atoms with Crippen LogP contribution >= 0.6 is 0 Å². The van der Waals surface area contributed by atoms with E-state index in [1.54, 1.807) is 17.3 Å². The Morgan fingerprint density at radius 2 is 2.14 bits per heavy atom. The molecule has 1 saturated heterocycles. The van der Waals surface area contributed by atoms with Crippen LogP contribution in [0.5, 0.6) is 0 Å². The van der Waals surface area contributed by atoms with Gasteiger partial charge in [-0.3, -0.25) is 4.90 Å². The Hall–Kier alpha value is -1.65. The van der Waals surface area contributed by atoms with E-state index < -0.39 is 0 Å². The number of urea groups is 1. The molecule has 5 heteroatoms. The second-order valence-electron chi connectivity index (χ2n) is 3.23. The minimum Gasteiger partial charge on any atom is -0.338 e. The molecule has 2 heterocycles. The maximum absolute atomic E-state index is 11.4. The van der Waals surface area contributed by atoms with Gasteiger partial charge in [-0.05, 0) is 13.3 Å². The molecule has 0 bridgehead atoms. The molecule has 0 radical (unpaired) electrons. The van der Waals surface area contributed by atoms with Crippen molar-refractivity contribution in [1.29, 1.82) is 0 Å². The molecule has 2 rings (SSSR count). The standard InChI is InChI=1S/C9H12N4O/c1-7-11-5-8(6-12-7)13-4-2-3-10-9(13)14/h5-6H,2-4H2,1H3,(H,10,14). The molecule has 1 aliphatic heterocycles. The first-order valence-electron chi connectivity index (χ1n) is 4.61. The molecular weight excluding hydrogens is 180 g/mol. The van der Waals surface area contributed by atoms with E-state index in [9.17, 15) is 4.79 Å². The number of aromatic nitrogens is 2. The van der Waals surface area contributed by atoms with E-state index in [0.29, 0.717) is 5.82 Å².